The Balaban J connectivity index is 1.61. The molecule has 0 bridgehead atoms. The monoisotopic (exact) mass is 415 g/mol. The number of hydrogen-bond donors (Lipinski definition) is 1. The molecule has 1 amide bonds. The van der Waals surface area contributed by atoms with Gasteiger partial charge in [0.1, 0.15) is 23.3 Å². The zero-order valence-electron chi connectivity index (χ0n) is 16.2. The van der Waals surface area contributed by atoms with E-state index in [1.807, 2.05) is 0 Å². The van der Waals surface area contributed by atoms with E-state index in [-0.39, 0.29) is 12.1 Å². The maximum atomic E-state index is 12.7. The number of fused-ring (bicyclic) bond motifs is 2. The van der Waals surface area contributed by atoms with Crippen LogP contribution in [0.15, 0.2) is 17.3 Å². The first-order valence-electron chi connectivity index (χ1n) is 9.39. The van der Waals surface area contributed by atoms with Gasteiger partial charge in [-0.3, -0.25) is 18.8 Å². The lowest BCUT2D eigenvalue weighted by Gasteiger charge is -2.08. The van der Waals surface area contributed by atoms with Gasteiger partial charge < -0.3 is 10.1 Å². The maximum absolute atomic E-state index is 12.7. The first-order valence-corrected chi connectivity index (χ1v) is 10.2. The summed E-state index contributed by atoms with van der Waals surface area (Å²) in [6.07, 6.45) is 7.65. The minimum Gasteiger partial charge on any atom is -0.465 e. The summed E-state index contributed by atoms with van der Waals surface area (Å²) in [5.41, 5.74) is 1.54. The fraction of sp³-hybridized carbons (Fsp3) is 0.421. The number of ether oxygens (including phenoxy) is 1. The second-order valence-corrected chi connectivity index (χ2v) is 8.10. The zero-order valence-corrected chi connectivity index (χ0v) is 17.0. The molecule has 0 aliphatic heterocycles. The maximum Gasteiger partial charge on any atom is 0.341 e. The first-order chi connectivity index (χ1) is 14.0. The minimum atomic E-state index is -0.449. The third kappa shape index (κ3) is 3.55. The van der Waals surface area contributed by atoms with Gasteiger partial charge in [0, 0.05) is 11.9 Å². The summed E-state index contributed by atoms with van der Waals surface area (Å²) in [6, 6.07) is 0. The molecular formula is C19H21N5O4S. The molecule has 29 heavy (non-hydrogen) atoms. The van der Waals surface area contributed by atoms with Gasteiger partial charge in [-0.1, -0.05) is 6.42 Å². The molecular weight excluding hydrogens is 394 g/mol. The highest BCUT2D eigenvalue weighted by molar-refractivity contribution is 7.17. The standard InChI is InChI=1S/C19H21N5O4S/c1-23-16-12(8-21-23)18(26)24(10-20-16)9-14(25)22-17-15(19(27)28-2)11-6-4-3-5-7-13(11)29-17/h8,10H,3-7,9H2,1-2H3,(H,22,25). The highest BCUT2D eigenvalue weighted by atomic mass is 32.1. The smallest absolute Gasteiger partial charge is 0.341 e. The summed E-state index contributed by atoms with van der Waals surface area (Å²) in [5.74, 6) is -0.853. The average molecular weight is 415 g/mol. The number of rotatable bonds is 4. The summed E-state index contributed by atoms with van der Waals surface area (Å²) in [7, 11) is 3.03. The van der Waals surface area contributed by atoms with Gasteiger partial charge in [0.2, 0.25) is 5.91 Å². The van der Waals surface area contributed by atoms with Gasteiger partial charge in [-0.05, 0) is 31.2 Å². The zero-order chi connectivity index (χ0) is 20.5. The topological polar surface area (TPSA) is 108 Å². The van der Waals surface area contributed by atoms with Crippen molar-refractivity contribution in [3.8, 4) is 0 Å². The van der Waals surface area contributed by atoms with Crippen LogP contribution in [0.25, 0.3) is 11.0 Å². The largest absolute Gasteiger partial charge is 0.465 e. The average Bonchev–Trinajstić information content (AvgIpc) is 3.15. The summed E-state index contributed by atoms with van der Waals surface area (Å²) in [6.45, 7) is -0.208. The van der Waals surface area contributed by atoms with Crippen LogP contribution in [0, 0.1) is 0 Å². The molecule has 1 aliphatic rings. The molecule has 0 saturated carbocycles. The summed E-state index contributed by atoms with van der Waals surface area (Å²) in [5, 5.41) is 7.65. The third-order valence-corrected chi connectivity index (χ3v) is 6.30. The molecule has 0 atom stereocenters. The Kier molecular flexibility index (Phi) is 5.18. The van der Waals surface area contributed by atoms with Crippen molar-refractivity contribution in [1.82, 2.24) is 19.3 Å². The molecule has 1 N–H and O–H groups in total. The molecule has 4 rings (SSSR count). The van der Waals surface area contributed by atoms with Gasteiger partial charge in [-0.25, -0.2) is 9.78 Å². The van der Waals surface area contributed by atoms with Gasteiger partial charge in [0.25, 0.3) is 5.56 Å². The van der Waals surface area contributed by atoms with Crippen molar-refractivity contribution in [3.63, 3.8) is 0 Å². The minimum absolute atomic E-state index is 0.208. The fourth-order valence-corrected chi connectivity index (χ4v) is 4.94. The van der Waals surface area contributed by atoms with E-state index in [1.54, 1.807) is 7.05 Å². The van der Waals surface area contributed by atoms with Crippen LogP contribution in [0.3, 0.4) is 0 Å². The molecule has 9 nitrogen and oxygen atoms in total. The van der Waals surface area contributed by atoms with Crippen LogP contribution < -0.4 is 10.9 Å². The van der Waals surface area contributed by atoms with E-state index in [2.05, 4.69) is 15.4 Å². The van der Waals surface area contributed by atoms with E-state index in [4.69, 9.17) is 4.74 Å². The lowest BCUT2D eigenvalue weighted by atomic mass is 10.1. The predicted octanol–water partition coefficient (Wildman–Crippen LogP) is 1.89. The predicted molar refractivity (Wildman–Crippen MR) is 108 cm³/mol. The Morgan fingerprint density at radius 1 is 1.28 bits per heavy atom. The molecule has 0 aromatic carbocycles. The third-order valence-electron chi connectivity index (χ3n) is 5.10. The van der Waals surface area contributed by atoms with Gasteiger partial charge in [-0.2, -0.15) is 5.10 Å². The molecule has 152 valence electrons. The Bertz CT molecular complexity index is 1160. The summed E-state index contributed by atoms with van der Waals surface area (Å²) in [4.78, 5) is 42.9. The molecule has 3 aromatic heterocycles. The molecule has 0 spiro atoms. The highest BCUT2D eigenvalue weighted by Crippen LogP contribution is 2.37. The van der Waals surface area contributed by atoms with E-state index in [9.17, 15) is 14.4 Å². The lowest BCUT2D eigenvalue weighted by molar-refractivity contribution is -0.116. The van der Waals surface area contributed by atoms with Crippen LogP contribution in [0.5, 0.6) is 0 Å². The van der Waals surface area contributed by atoms with Crippen LogP contribution in [0.2, 0.25) is 0 Å². The number of carbonyl (C=O) groups excluding carboxylic acids is 2. The van der Waals surface area contributed by atoms with Crippen molar-refractivity contribution < 1.29 is 14.3 Å². The number of nitrogens with one attached hydrogen (secondary N) is 1. The molecule has 3 aromatic rings. The molecule has 0 radical (unpaired) electrons. The van der Waals surface area contributed by atoms with Crippen LogP contribution in [0.4, 0.5) is 5.00 Å². The van der Waals surface area contributed by atoms with E-state index >= 15 is 0 Å². The quantitative estimate of drug-likeness (QED) is 0.515. The van der Waals surface area contributed by atoms with Crippen molar-refractivity contribution >= 4 is 39.2 Å². The summed E-state index contributed by atoms with van der Waals surface area (Å²) >= 11 is 1.42. The second-order valence-electron chi connectivity index (χ2n) is 6.99. The Morgan fingerprint density at radius 3 is 2.86 bits per heavy atom. The molecule has 0 saturated heterocycles. The lowest BCUT2D eigenvalue weighted by Crippen LogP contribution is -2.28. The van der Waals surface area contributed by atoms with Crippen LogP contribution >= 0.6 is 11.3 Å². The van der Waals surface area contributed by atoms with Gasteiger partial charge in [0.05, 0.1) is 18.9 Å². The van der Waals surface area contributed by atoms with Gasteiger partial charge in [-0.15, -0.1) is 11.3 Å². The number of aryl methyl sites for hydroxylation is 2. The van der Waals surface area contributed by atoms with Crippen molar-refractivity contribution in [1.29, 1.82) is 0 Å². The SMILES string of the molecule is COC(=O)c1c(NC(=O)Cn2cnc3c(cnn3C)c2=O)sc2c1CCCCC2. The van der Waals surface area contributed by atoms with Gasteiger partial charge in [0.15, 0.2) is 5.65 Å². The van der Waals surface area contributed by atoms with E-state index in [0.29, 0.717) is 21.6 Å². The van der Waals surface area contributed by atoms with Crippen molar-refractivity contribution in [3.05, 3.63) is 38.9 Å². The molecule has 3 heterocycles. The van der Waals surface area contributed by atoms with Crippen LogP contribution in [0.1, 0.15) is 40.1 Å². The normalized spacial score (nSPS) is 13.7. The Hall–Kier alpha value is -3.01. The van der Waals surface area contributed by atoms with Crippen molar-refractivity contribution in [2.24, 2.45) is 7.05 Å². The number of anilines is 1. The fourth-order valence-electron chi connectivity index (χ4n) is 3.65. The number of thiophene rings is 1. The highest BCUT2D eigenvalue weighted by Gasteiger charge is 2.26. The second kappa shape index (κ2) is 7.78. The van der Waals surface area contributed by atoms with Gasteiger partial charge >= 0.3 is 5.97 Å². The van der Waals surface area contributed by atoms with E-state index < -0.39 is 11.9 Å². The molecule has 1 aliphatic carbocycles. The Morgan fingerprint density at radius 2 is 2.07 bits per heavy atom. The number of aromatic nitrogens is 4. The number of hydrogen-bond acceptors (Lipinski definition) is 7. The molecule has 10 heteroatoms. The first kappa shape index (κ1) is 19.3. The van der Waals surface area contributed by atoms with Crippen LogP contribution in [-0.4, -0.2) is 38.3 Å². The molecule has 0 fully saturated rings. The number of nitrogens with zero attached hydrogens (tertiary/aromatic N) is 4. The number of esters is 1. The van der Waals surface area contributed by atoms with Crippen LogP contribution in [-0.2, 0) is 36.0 Å². The van der Waals surface area contributed by atoms with Crippen molar-refractivity contribution in [2.45, 2.75) is 38.6 Å². The van der Waals surface area contributed by atoms with E-state index in [0.717, 1.165) is 42.5 Å². The number of amides is 1. The Labute approximate surface area is 170 Å². The molecule has 0 unspecified atom stereocenters. The van der Waals surface area contributed by atoms with E-state index in [1.165, 1.54) is 40.2 Å². The number of carbonyl (C=O) groups is 2. The number of methoxy groups -OCH3 is 1. The van der Waals surface area contributed by atoms with Crippen molar-refractivity contribution in [2.75, 3.05) is 12.4 Å². The summed E-state index contributed by atoms with van der Waals surface area (Å²) < 4.78 is 7.69.